The molecule has 9 heteroatoms. The van der Waals surface area contributed by atoms with Gasteiger partial charge in [-0.25, -0.2) is 4.68 Å². The predicted octanol–water partition coefficient (Wildman–Crippen LogP) is 3.20. The van der Waals surface area contributed by atoms with Crippen molar-refractivity contribution in [3.05, 3.63) is 70.5 Å². The van der Waals surface area contributed by atoms with Crippen molar-refractivity contribution in [2.45, 2.75) is 32.2 Å². The Balaban J connectivity index is 1.33. The maximum absolute atomic E-state index is 12.8. The number of nitrogens with one attached hydrogen (secondary N) is 1. The van der Waals surface area contributed by atoms with Crippen LogP contribution >= 0.6 is 11.6 Å². The minimum Gasteiger partial charge on any atom is -0.496 e. The van der Waals surface area contributed by atoms with Crippen molar-refractivity contribution in [2.75, 3.05) is 20.2 Å². The fourth-order valence-corrected chi connectivity index (χ4v) is 4.23. The Morgan fingerprint density at radius 2 is 1.91 bits per heavy atom. The molecule has 1 aliphatic rings. The molecule has 2 amide bonds. The molecule has 1 saturated heterocycles. The Morgan fingerprint density at radius 1 is 1.15 bits per heavy atom. The second-order valence-corrected chi connectivity index (χ2v) is 8.47. The third-order valence-electron chi connectivity index (χ3n) is 5.88. The highest BCUT2D eigenvalue weighted by atomic mass is 35.5. The molecule has 8 nitrogen and oxygen atoms in total. The normalized spacial score (nSPS) is 14.2. The summed E-state index contributed by atoms with van der Waals surface area (Å²) in [6.07, 6.45) is 1.67. The molecule has 0 unspecified atom stereocenters. The molecular weight excluding hydrogens is 442 g/mol. The number of aromatic nitrogens is 3. The minimum absolute atomic E-state index is 0.0245. The van der Waals surface area contributed by atoms with Gasteiger partial charge in [0.2, 0.25) is 5.91 Å². The summed E-state index contributed by atoms with van der Waals surface area (Å²) in [6.45, 7) is 2.98. The van der Waals surface area contributed by atoms with Crippen LogP contribution in [0.1, 0.15) is 34.6 Å². The zero-order chi connectivity index (χ0) is 23.4. The molecule has 1 aromatic heterocycles. The molecule has 1 aliphatic heterocycles. The largest absolute Gasteiger partial charge is 0.496 e. The van der Waals surface area contributed by atoms with E-state index in [4.69, 9.17) is 16.3 Å². The third-order valence-corrected chi connectivity index (χ3v) is 6.11. The van der Waals surface area contributed by atoms with E-state index in [1.165, 1.54) is 0 Å². The van der Waals surface area contributed by atoms with E-state index in [0.717, 1.165) is 11.3 Å². The average Bonchev–Trinajstić information content (AvgIpc) is 3.21. The van der Waals surface area contributed by atoms with Gasteiger partial charge in [-0.1, -0.05) is 41.1 Å². The van der Waals surface area contributed by atoms with Crippen molar-refractivity contribution in [3.8, 4) is 11.4 Å². The summed E-state index contributed by atoms with van der Waals surface area (Å²) in [5.41, 5.74) is 2.54. The standard InChI is InChI=1S/C24H26ClN5O3/c1-16-23(27-28-30(16)20-8-5-7-18(25)15-20)24(32)26-19-10-12-29(13-11-19)22(31)14-17-6-3-4-9-21(17)33-2/h3-9,15,19H,10-14H2,1-2H3,(H,26,32). The van der Waals surface area contributed by atoms with E-state index >= 15 is 0 Å². The molecule has 3 aromatic rings. The second kappa shape index (κ2) is 10.0. The molecule has 33 heavy (non-hydrogen) atoms. The molecule has 0 spiro atoms. The molecule has 2 aromatic carbocycles. The van der Waals surface area contributed by atoms with Crippen LogP contribution in [0.15, 0.2) is 48.5 Å². The number of hydrogen-bond acceptors (Lipinski definition) is 5. The van der Waals surface area contributed by atoms with Crippen LogP contribution in [-0.2, 0) is 11.2 Å². The summed E-state index contributed by atoms with van der Waals surface area (Å²) in [6, 6.07) is 14.7. The number of piperidine rings is 1. The summed E-state index contributed by atoms with van der Waals surface area (Å²) < 4.78 is 6.94. The predicted molar refractivity (Wildman–Crippen MR) is 125 cm³/mol. The van der Waals surface area contributed by atoms with Crippen molar-refractivity contribution in [2.24, 2.45) is 0 Å². The molecule has 0 atom stereocenters. The number of ether oxygens (including phenoxy) is 1. The lowest BCUT2D eigenvalue weighted by Gasteiger charge is -2.32. The molecule has 0 bridgehead atoms. The van der Waals surface area contributed by atoms with Gasteiger partial charge in [-0.05, 0) is 44.0 Å². The SMILES string of the molecule is COc1ccccc1CC(=O)N1CCC(NC(=O)c2nnn(-c3cccc(Cl)c3)c2C)CC1. The number of carbonyl (C=O) groups is 2. The van der Waals surface area contributed by atoms with Crippen LogP contribution in [0.4, 0.5) is 0 Å². The molecule has 1 fully saturated rings. The van der Waals surface area contributed by atoms with Crippen molar-refractivity contribution in [1.29, 1.82) is 0 Å². The summed E-state index contributed by atoms with van der Waals surface area (Å²) in [4.78, 5) is 27.4. The summed E-state index contributed by atoms with van der Waals surface area (Å²) in [7, 11) is 1.60. The molecule has 4 rings (SSSR count). The zero-order valence-corrected chi connectivity index (χ0v) is 19.4. The Labute approximate surface area is 197 Å². The van der Waals surface area contributed by atoms with Gasteiger partial charge in [0.1, 0.15) is 5.75 Å². The van der Waals surface area contributed by atoms with Crippen molar-refractivity contribution in [1.82, 2.24) is 25.2 Å². The van der Waals surface area contributed by atoms with Gasteiger partial charge in [0.15, 0.2) is 5.69 Å². The molecule has 172 valence electrons. The van der Waals surface area contributed by atoms with E-state index < -0.39 is 0 Å². The first-order valence-electron chi connectivity index (χ1n) is 10.8. The van der Waals surface area contributed by atoms with Crippen molar-refractivity contribution in [3.63, 3.8) is 0 Å². The van der Waals surface area contributed by atoms with E-state index in [1.807, 2.05) is 41.3 Å². The van der Waals surface area contributed by atoms with Gasteiger partial charge < -0.3 is 15.0 Å². The number of rotatable bonds is 6. The number of hydrogen-bond donors (Lipinski definition) is 1. The fraction of sp³-hybridized carbons (Fsp3) is 0.333. The maximum atomic E-state index is 12.8. The first kappa shape index (κ1) is 22.8. The van der Waals surface area contributed by atoms with Gasteiger partial charge in [-0.15, -0.1) is 5.10 Å². The zero-order valence-electron chi connectivity index (χ0n) is 18.6. The Hall–Kier alpha value is -3.39. The fourth-order valence-electron chi connectivity index (χ4n) is 4.04. The van der Waals surface area contributed by atoms with Gasteiger partial charge in [0, 0.05) is 29.7 Å². The first-order chi connectivity index (χ1) is 16.0. The van der Waals surface area contributed by atoms with Crippen LogP contribution in [0.5, 0.6) is 5.75 Å². The van der Waals surface area contributed by atoms with Crippen LogP contribution in [0.25, 0.3) is 5.69 Å². The lowest BCUT2D eigenvalue weighted by atomic mass is 10.0. The van der Waals surface area contributed by atoms with E-state index in [2.05, 4.69) is 15.6 Å². The molecular formula is C24H26ClN5O3. The maximum Gasteiger partial charge on any atom is 0.273 e. The number of halogens is 1. The number of carbonyl (C=O) groups excluding carboxylic acids is 2. The van der Waals surface area contributed by atoms with Gasteiger partial charge in [-0.3, -0.25) is 9.59 Å². The monoisotopic (exact) mass is 467 g/mol. The molecule has 0 aliphatic carbocycles. The van der Waals surface area contributed by atoms with Gasteiger partial charge in [0.05, 0.1) is 24.9 Å². The lowest BCUT2D eigenvalue weighted by molar-refractivity contribution is -0.131. The van der Waals surface area contributed by atoms with E-state index in [1.54, 1.807) is 30.8 Å². The summed E-state index contributed by atoms with van der Waals surface area (Å²) in [5, 5.41) is 11.8. The number of amides is 2. The number of methoxy groups -OCH3 is 1. The number of nitrogens with zero attached hydrogens (tertiary/aromatic N) is 4. The minimum atomic E-state index is -0.264. The average molecular weight is 468 g/mol. The van der Waals surface area contributed by atoms with E-state index in [9.17, 15) is 9.59 Å². The molecule has 2 heterocycles. The smallest absolute Gasteiger partial charge is 0.273 e. The number of para-hydroxylation sites is 1. The number of likely N-dealkylation sites (tertiary alicyclic amines) is 1. The molecule has 0 saturated carbocycles. The van der Waals surface area contributed by atoms with Crippen LogP contribution in [-0.4, -0.2) is 57.9 Å². The second-order valence-electron chi connectivity index (χ2n) is 8.03. The topological polar surface area (TPSA) is 89.3 Å². The molecule has 1 N–H and O–H groups in total. The van der Waals surface area contributed by atoms with Crippen molar-refractivity contribution < 1.29 is 14.3 Å². The summed E-state index contributed by atoms with van der Waals surface area (Å²) >= 11 is 6.06. The quantitative estimate of drug-likeness (QED) is 0.601. The van der Waals surface area contributed by atoms with Gasteiger partial charge in [0.25, 0.3) is 5.91 Å². The lowest BCUT2D eigenvalue weighted by Crippen LogP contribution is -2.47. The third kappa shape index (κ3) is 5.17. The first-order valence-corrected chi connectivity index (χ1v) is 11.2. The van der Waals surface area contributed by atoms with Crippen LogP contribution < -0.4 is 10.1 Å². The van der Waals surface area contributed by atoms with Crippen molar-refractivity contribution >= 4 is 23.4 Å². The Bertz CT molecular complexity index is 1150. The highest BCUT2D eigenvalue weighted by Gasteiger charge is 2.26. The van der Waals surface area contributed by atoms with Crippen LogP contribution in [0.2, 0.25) is 5.02 Å². The van der Waals surface area contributed by atoms with E-state index in [-0.39, 0.29) is 23.6 Å². The Morgan fingerprint density at radius 3 is 2.64 bits per heavy atom. The van der Waals surface area contributed by atoms with Crippen LogP contribution in [0.3, 0.4) is 0 Å². The molecule has 0 radical (unpaired) electrons. The highest BCUT2D eigenvalue weighted by Crippen LogP contribution is 2.21. The van der Waals surface area contributed by atoms with E-state index in [0.29, 0.717) is 48.8 Å². The van der Waals surface area contributed by atoms with Crippen LogP contribution in [0, 0.1) is 6.92 Å². The van der Waals surface area contributed by atoms with Gasteiger partial charge in [-0.2, -0.15) is 0 Å². The van der Waals surface area contributed by atoms with Gasteiger partial charge >= 0.3 is 0 Å². The Kier molecular flexibility index (Phi) is 6.93. The summed E-state index contributed by atoms with van der Waals surface area (Å²) in [5.74, 6) is 0.512. The number of benzene rings is 2. The highest BCUT2D eigenvalue weighted by molar-refractivity contribution is 6.30.